The van der Waals surface area contributed by atoms with Crippen LogP contribution in [0.5, 0.6) is 0 Å². The van der Waals surface area contributed by atoms with Gasteiger partial charge in [-0.25, -0.2) is 13.2 Å². The van der Waals surface area contributed by atoms with Crippen LogP contribution in [0.2, 0.25) is 0 Å². The molecule has 5 N–H and O–H groups in total. The molecule has 4 heterocycles. The first-order valence-electron chi connectivity index (χ1n) is 14.7. The van der Waals surface area contributed by atoms with Crippen LogP contribution in [0.4, 0.5) is 10.5 Å². The van der Waals surface area contributed by atoms with E-state index >= 15 is 0 Å². The van der Waals surface area contributed by atoms with Crippen LogP contribution in [-0.4, -0.2) is 135 Å². The Hall–Kier alpha value is -3.56. The first-order valence-corrected chi connectivity index (χ1v) is 16.5. The van der Waals surface area contributed by atoms with E-state index in [1.54, 1.807) is 0 Å². The highest BCUT2D eigenvalue weighted by Crippen LogP contribution is 2.33. The molecule has 0 aromatic heterocycles. The van der Waals surface area contributed by atoms with Gasteiger partial charge >= 0.3 is 6.09 Å². The highest BCUT2D eigenvalue weighted by atomic mass is 32.2. The molecule has 0 saturated carbocycles. The third-order valence-corrected chi connectivity index (χ3v) is 10.4. The summed E-state index contributed by atoms with van der Waals surface area (Å²) in [6.45, 7) is 3.94. The Balaban J connectivity index is 1.31. The normalized spacial score (nSPS) is 25.8. The maximum Gasteiger partial charge on any atom is 0.411 e. The second-order valence-electron chi connectivity index (χ2n) is 11.8. The van der Waals surface area contributed by atoms with E-state index in [2.05, 4.69) is 25.2 Å². The van der Waals surface area contributed by atoms with E-state index in [0.29, 0.717) is 64.3 Å². The van der Waals surface area contributed by atoms with Crippen LogP contribution in [-0.2, 0) is 19.6 Å². The number of hydrogen-bond donors (Lipinski definition) is 4. The fourth-order valence-corrected chi connectivity index (χ4v) is 7.50. The van der Waals surface area contributed by atoms with E-state index < -0.39 is 16.1 Å². The molecule has 1 aromatic carbocycles. The van der Waals surface area contributed by atoms with Crippen LogP contribution >= 0.6 is 0 Å². The summed E-state index contributed by atoms with van der Waals surface area (Å²) in [5, 5.41) is 14.1. The number of sulfonamides is 1. The van der Waals surface area contributed by atoms with Crippen molar-refractivity contribution < 1.29 is 22.7 Å². The number of nitrogens with zero attached hydrogens (tertiary/aromatic N) is 5. The lowest BCUT2D eigenvalue weighted by Gasteiger charge is -2.38. The molecule has 43 heavy (non-hydrogen) atoms. The Morgan fingerprint density at radius 2 is 1.72 bits per heavy atom. The monoisotopic (exact) mass is 617 g/mol. The van der Waals surface area contributed by atoms with Crippen LogP contribution in [0, 0.1) is 11.3 Å². The largest absolute Gasteiger partial charge is 0.453 e. The van der Waals surface area contributed by atoms with E-state index in [1.165, 1.54) is 17.7 Å². The van der Waals surface area contributed by atoms with Gasteiger partial charge in [0.1, 0.15) is 6.17 Å². The smallest absolute Gasteiger partial charge is 0.411 e. The number of piperazine rings is 1. The number of ether oxygens (including phenoxy) is 1. The molecule has 14 nitrogen and oxygen atoms in total. The molecular weight excluding hydrogens is 574 g/mol. The highest BCUT2D eigenvalue weighted by molar-refractivity contribution is 7.88. The summed E-state index contributed by atoms with van der Waals surface area (Å²) >= 11 is 0. The minimum Gasteiger partial charge on any atom is -0.453 e. The SMILES string of the molecule is COC(=O)Nc1ccc(C2=CN(C)C([C@@H]3C[C@H](N4CCN(S(C)(=O)=O)CC4)CN3C(=O)C3CCN(C(=N)N)CC3)N2)cc1. The number of piperidine rings is 1. The van der Waals surface area contributed by atoms with E-state index in [0.717, 1.165) is 17.7 Å². The van der Waals surface area contributed by atoms with Gasteiger partial charge in [-0.15, -0.1) is 0 Å². The van der Waals surface area contributed by atoms with Gasteiger partial charge in [0.05, 0.1) is 25.1 Å². The van der Waals surface area contributed by atoms with Crippen molar-refractivity contribution in [3.05, 3.63) is 36.0 Å². The van der Waals surface area contributed by atoms with Gasteiger partial charge < -0.3 is 30.5 Å². The van der Waals surface area contributed by atoms with Crippen LogP contribution in [0.3, 0.4) is 0 Å². The molecule has 3 fully saturated rings. The van der Waals surface area contributed by atoms with Gasteiger partial charge in [-0.1, -0.05) is 12.1 Å². The number of benzene rings is 1. The van der Waals surface area contributed by atoms with Gasteiger partial charge in [-0.3, -0.25) is 20.4 Å². The number of rotatable bonds is 6. The topological polar surface area (TPSA) is 168 Å². The van der Waals surface area contributed by atoms with Gasteiger partial charge in [-0.05, 0) is 37.0 Å². The second kappa shape index (κ2) is 12.6. The number of carbonyl (C=O) groups is 2. The molecule has 5 rings (SSSR count). The Morgan fingerprint density at radius 3 is 2.30 bits per heavy atom. The molecular formula is C28H43N9O5S. The quantitative estimate of drug-likeness (QED) is 0.255. The van der Waals surface area contributed by atoms with Crippen molar-refractivity contribution in [2.24, 2.45) is 11.7 Å². The fraction of sp³-hybridized carbons (Fsp3) is 0.607. The van der Waals surface area contributed by atoms with E-state index in [9.17, 15) is 18.0 Å². The molecule has 4 aliphatic rings. The van der Waals surface area contributed by atoms with Crippen LogP contribution in [0.15, 0.2) is 30.5 Å². The van der Waals surface area contributed by atoms with Crippen LogP contribution in [0.1, 0.15) is 24.8 Å². The van der Waals surface area contributed by atoms with Crippen molar-refractivity contribution in [3.63, 3.8) is 0 Å². The second-order valence-corrected chi connectivity index (χ2v) is 13.8. The zero-order valence-corrected chi connectivity index (χ0v) is 25.8. The number of anilines is 1. The third kappa shape index (κ3) is 6.83. The Kier molecular flexibility index (Phi) is 9.04. The first-order chi connectivity index (χ1) is 20.4. The molecule has 236 valence electrons. The van der Waals surface area contributed by atoms with Crippen molar-refractivity contribution in [1.29, 1.82) is 5.41 Å². The molecule has 3 saturated heterocycles. The highest BCUT2D eigenvalue weighted by Gasteiger charge is 2.46. The van der Waals surface area contributed by atoms with E-state index in [1.807, 2.05) is 47.3 Å². The van der Waals surface area contributed by atoms with Crippen molar-refractivity contribution in [3.8, 4) is 0 Å². The van der Waals surface area contributed by atoms with Crippen molar-refractivity contribution in [1.82, 2.24) is 29.2 Å². The number of methoxy groups -OCH3 is 1. The van der Waals surface area contributed by atoms with Crippen LogP contribution in [0.25, 0.3) is 5.70 Å². The number of likely N-dealkylation sites (tertiary alicyclic amines) is 2. The molecule has 0 aliphatic carbocycles. The number of amides is 2. The zero-order valence-electron chi connectivity index (χ0n) is 25.0. The summed E-state index contributed by atoms with van der Waals surface area (Å²) in [5.74, 6) is 0.0445. The Bertz CT molecular complexity index is 1340. The maximum atomic E-state index is 14.1. The van der Waals surface area contributed by atoms with Gasteiger partial charge in [0.2, 0.25) is 15.9 Å². The van der Waals surface area contributed by atoms with Crippen molar-refractivity contribution in [2.75, 3.05) is 71.5 Å². The molecule has 4 aliphatic heterocycles. The van der Waals surface area contributed by atoms with Gasteiger partial charge in [-0.2, -0.15) is 4.31 Å². The minimum absolute atomic E-state index is 0.0442. The predicted molar refractivity (Wildman–Crippen MR) is 163 cm³/mol. The molecule has 0 radical (unpaired) electrons. The lowest BCUT2D eigenvalue weighted by Crippen LogP contribution is -2.54. The lowest BCUT2D eigenvalue weighted by atomic mass is 9.95. The zero-order chi connectivity index (χ0) is 30.9. The molecule has 1 aromatic rings. The number of nitrogens with two attached hydrogens (primary N) is 1. The van der Waals surface area contributed by atoms with Gasteiger partial charge in [0, 0.05) is 76.7 Å². The maximum absolute atomic E-state index is 14.1. The Labute approximate surface area is 253 Å². The predicted octanol–water partition coefficient (Wildman–Crippen LogP) is 0.177. The summed E-state index contributed by atoms with van der Waals surface area (Å²) in [6, 6.07) is 7.49. The van der Waals surface area contributed by atoms with E-state index in [4.69, 9.17) is 11.1 Å². The summed E-state index contributed by atoms with van der Waals surface area (Å²) in [4.78, 5) is 33.9. The minimum atomic E-state index is -3.23. The van der Waals surface area contributed by atoms with Gasteiger partial charge in [0.25, 0.3) is 0 Å². The number of hydrogen-bond acceptors (Lipinski definition) is 9. The number of carbonyl (C=O) groups excluding carboxylic acids is 2. The van der Waals surface area contributed by atoms with E-state index in [-0.39, 0.29) is 36.0 Å². The average molecular weight is 618 g/mol. The summed E-state index contributed by atoms with van der Waals surface area (Å²) < 4.78 is 30.3. The number of nitrogens with one attached hydrogen (secondary N) is 3. The van der Waals surface area contributed by atoms with Crippen LogP contribution < -0.4 is 16.4 Å². The Morgan fingerprint density at radius 1 is 1.07 bits per heavy atom. The third-order valence-electron chi connectivity index (χ3n) is 9.12. The number of likely N-dealkylation sites (N-methyl/N-ethyl adjacent to an activating group) is 1. The molecule has 0 spiro atoms. The average Bonchev–Trinajstić information content (AvgIpc) is 3.60. The standard InChI is InChI=1S/C28H43N9O5S/c1-33-18-23(19-4-6-21(7-5-19)31-28(39)42-2)32-25(33)24-16-22(34-12-14-36(15-13-34)43(3,40)41)17-37(24)26(38)20-8-10-35(11-9-20)27(29)30/h4-7,18,20,22,24-25,32H,8-17H2,1-3H3,(H3,29,30)(H,31,39)/t22-,24-,25?/m0/s1. The summed E-state index contributed by atoms with van der Waals surface area (Å²) in [6.07, 6.45) is 4.69. The lowest BCUT2D eigenvalue weighted by molar-refractivity contribution is -0.138. The summed E-state index contributed by atoms with van der Waals surface area (Å²) in [5.41, 5.74) is 8.19. The molecule has 3 atom stereocenters. The molecule has 1 unspecified atom stereocenters. The van der Waals surface area contributed by atoms with Crippen molar-refractivity contribution >= 4 is 39.4 Å². The molecule has 15 heteroatoms. The van der Waals surface area contributed by atoms with Gasteiger partial charge in [0.15, 0.2) is 5.96 Å². The molecule has 2 amide bonds. The summed E-state index contributed by atoms with van der Waals surface area (Å²) in [7, 11) is 0.0903. The first kappa shape index (κ1) is 30.9. The number of guanidine groups is 1. The molecule has 0 bridgehead atoms. The fourth-order valence-electron chi connectivity index (χ4n) is 6.67. The van der Waals surface area contributed by atoms with Crippen molar-refractivity contribution in [2.45, 2.75) is 37.5 Å².